The minimum Gasteiger partial charge on any atom is -0.368 e. The summed E-state index contributed by atoms with van der Waals surface area (Å²) in [6, 6.07) is 4.54. The van der Waals surface area contributed by atoms with Crippen LogP contribution in [0.4, 0.5) is 10.1 Å². The van der Waals surface area contributed by atoms with Crippen molar-refractivity contribution in [1.29, 1.82) is 0 Å². The summed E-state index contributed by atoms with van der Waals surface area (Å²) in [7, 11) is 1.93. The summed E-state index contributed by atoms with van der Waals surface area (Å²) in [6.07, 6.45) is 2.52. The maximum absolute atomic E-state index is 14.0. The number of nitrogens with zero attached hydrogens (tertiary/aromatic N) is 1. The molecular weight excluding hydrogens is 251 g/mol. The van der Waals surface area contributed by atoms with E-state index in [-0.39, 0.29) is 11.9 Å². The van der Waals surface area contributed by atoms with E-state index >= 15 is 0 Å². The molecule has 1 saturated carbocycles. The number of hydrogen-bond acceptors (Lipinski definition) is 2. The van der Waals surface area contributed by atoms with Crippen LogP contribution in [0.15, 0.2) is 12.1 Å². The summed E-state index contributed by atoms with van der Waals surface area (Å²) in [5, 5.41) is 3.24. The van der Waals surface area contributed by atoms with Crippen LogP contribution in [0.5, 0.6) is 0 Å². The predicted octanol–water partition coefficient (Wildman–Crippen LogP) is 4.04. The van der Waals surface area contributed by atoms with Gasteiger partial charge in [-0.15, -0.1) is 0 Å². The van der Waals surface area contributed by atoms with Crippen LogP contribution in [-0.4, -0.2) is 19.6 Å². The minimum atomic E-state index is -0.105. The van der Waals surface area contributed by atoms with Crippen molar-refractivity contribution in [3.63, 3.8) is 0 Å². The normalized spacial score (nSPS) is 16.6. The highest BCUT2D eigenvalue weighted by Gasteiger charge is 2.31. The summed E-state index contributed by atoms with van der Waals surface area (Å²) < 4.78 is 14.0. The molecule has 0 radical (unpaired) electrons. The molecule has 1 aliphatic carbocycles. The van der Waals surface area contributed by atoms with Crippen LogP contribution in [0.25, 0.3) is 0 Å². The van der Waals surface area contributed by atoms with E-state index in [1.807, 2.05) is 20.0 Å². The Bertz CT molecular complexity index is 466. The van der Waals surface area contributed by atoms with Crippen LogP contribution in [0.3, 0.4) is 0 Å². The van der Waals surface area contributed by atoms with Gasteiger partial charge in [0.05, 0.1) is 0 Å². The van der Waals surface area contributed by atoms with Crippen molar-refractivity contribution in [2.24, 2.45) is 5.92 Å². The monoisotopic (exact) mass is 278 g/mol. The number of hydrogen-bond donors (Lipinski definition) is 1. The molecule has 1 aromatic carbocycles. The van der Waals surface area contributed by atoms with Gasteiger partial charge in [-0.1, -0.05) is 13.8 Å². The Kier molecular flexibility index (Phi) is 4.69. The van der Waals surface area contributed by atoms with E-state index in [0.717, 1.165) is 17.7 Å². The fourth-order valence-corrected chi connectivity index (χ4v) is 2.66. The summed E-state index contributed by atoms with van der Waals surface area (Å²) in [6.45, 7) is 9.47. The van der Waals surface area contributed by atoms with Crippen LogP contribution < -0.4 is 10.2 Å². The van der Waals surface area contributed by atoms with Crippen molar-refractivity contribution < 1.29 is 4.39 Å². The molecule has 0 amide bonds. The Labute approximate surface area is 122 Å². The molecule has 1 fully saturated rings. The van der Waals surface area contributed by atoms with E-state index < -0.39 is 0 Å². The zero-order chi connectivity index (χ0) is 14.9. The molecule has 1 unspecified atom stereocenters. The van der Waals surface area contributed by atoms with Crippen molar-refractivity contribution in [1.82, 2.24) is 5.32 Å². The number of benzene rings is 1. The SMILES string of the molecule is CNC(C)c1cc(F)c(C)cc1N(CC(C)C)C1CC1. The summed E-state index contributed by atoms with van der Waals surface area (Å²) >= 11 is 0. The largest absolute Gasteiger partial charge is 0.368 e. The lowest BCUT2D eigenvalue weighted by Gasteiger charge is -2.31. The van der Waals surface area contributed by atoms with Gasteiger partial charge < -0.3 is 10.2 Å². The molecule has 0 aromatic heterocycles. The van der Waals surface area contributed by atoms with Gasteiger partial charge in [0.1, 0.15) is 5.82 Å². The van der Waals surface area contributed by atoms with Gasteiger partial charge in [-0.25, -0.2) is 4.39 Å². The maximum atomic E-state index is 14.0. The van der Waals surface area contributed by atoms with Gasteiger partial charge in [0.25, 0.3) is 0 Å². The van der Waals surface area contributed by atoms with E-state index in [1.54, 1.807) is 6.07 Å². The van der Waals surface area contributed by atoms with E-state index in [0.29, 0.717) is 12.0 Å². The lowest BCUT2D eigenvalue weighted by atomic mass is 10.0. The van der Waals surface area contributed by atoms with Gasteiger partial charge in [-0.05, 0) is 62.9 Å². The van der Waals surface area contributed by atoms with E-state index in [2.05, 4.69) is 31.0 Å². The molecule has 0 bridgehead atoms. The number of aryl methyl sites for hydroxylation is 1. The van der Waals surface area contributed by atoms with Gasteiger partial charge in [0.2, 0.25) is 0 Å². The van der Waals surface area contributed by atoms with E-state index in [9.17, 15) is 4.39 Å². The third-order valence-electron chi connectivity index (χ3n) is 4.07. The van der Waals surface area contributed by atoms with Gasteiger partial charge in [0, 0.05) is 24.3 Å². The third-order valence-corrected chi connectivity index (χ3v) is 4.07. The van der Waals surface area contributed by atoms with Crippen LogP contribution in [-0.2, 0) is 0 Å². The van der Waals surface area contributed by atoms with Crippen molar-refractivity contribution in [3.05, 3.63) is 29.1 Å². The number of halogens is 1. The molecule has 2 rings (SSSR count). The fraction of sp³-hybridized carbons (Fsp3) is 0.647. The van der Waals surface area contributed by atoms with Crippen molar-refractivity contribution in [2.75, 3.05) is 18.5 Å². The van der Waals surface area contributed by atoms with Crippen LogP contribution >= 0.6 is 0 Å². The summed E-state index contributed by atoms with van der Waals surface area (Å²) in [4.78, 5) is 2.49. The Morgan fingerprint density at radius 1 is 1.30 bits per heavy atom. The van der Waals surface area contributed by atoms with Crippen LogP contribution in [0.1, 0.15) is 50.8 Å². The van der Waals surface area contributed by atoms with Crippen LogP contribution in [0.2, 0.25) is 0 Å². The quantitative estimate of drug-likeness (QED) is 0.845. The van der Waals surface area contributed by atoms with Crippen LogP contribution in [0, 0.1) is 18.7 Å². The van der Waals surface area contributed by atoms with E-state index in [1.165, 1.54) is 18.5 Å². The highest BCUT2D eigenvalue weighted by atomic mass is 19.1. The van der Waals surface area contributed by atoms with Crippen molar-refractivity contribution >= 4 is 5.69 Å². The average molecular weight is 278 g/mol. The Hall–Kier alpha value is -1.09. The van der Waals surface area contributed by atoms with Crippen molar-refractivity contribution in [2.45, 2.75) is 52.6 Å². The molecule has 1 atom stereocenters. The van der Waals surface area contributed by atoms with Crippen molar-refractivity contribution in [3.8, 4) is 0 Å². The zero-order valence-electron chi connectivity index (χ0n) is 13.3. The molecule has 20 heavy (non-hydrogen) atoms. The molecule has 112 valence electrons. The number of anilines is 1. The topological polar surface area (TPSA) is 15.3 Å². The zero-order valence-corrected chi connectivity index (χ0v) is 13.3. The first-order valence-electron chi connectivity index (χ1n) is 7.68. The maximum Gasteiger partial charge on any atom is 0.126 e. The molecule has 1 aromatic rings. The molecule has 2 nitrogen and oxygen atoms in total. The lowest BCUT2D eigenvalue weighted by molar-refractivity contribution is 0.583. The molecule has 3 heteroatoms. The molecular formula is C17H27FN2. The van der Waals surface area contributed by atoms with Gasteiger partial charge in [-0.2, -0.15) is 0 Å². The molecule has 0 aliphatic heterocycles. The highest BCUT2D eigenvalue weighted by Crippen LogP contribution is 2.37. The summed E-state index contributed by atoms with van der Waals surface area (Å²) in [5.74, 6) is 0.504. The minimum absolute atomic E-state index is 0.105. The highest BCUT2D eigenvalue weighted by molar-refractivity contribution is 5.58. The van der Waals surface area contributed by atoms with Gasteiger partial charge in [-0.3, -0.25) is 0 Å². The second kappa shape index (κ2) is 6.13. The molecule has 0 spiro atoms. The fourth-order valence-electron chi connectivity index (χ4n) is 2.66. The Morgan fingerprint density at radius 3 is 2.45 bits per heavy atom. The molecule has 0 heterocycles. The smallest absolute Gasteiger partial charge is 0.126 e. The van der Waals surface area contributed by atoms with Gasteiger partial charge in [0.15, 0.2) is 0 Å². The lowest BCUT2D eigenvalue weighted by Crippen LogP contribution is -2.32. The third kappa shape index (κ3) is 3.32. The average Bonchev–Trinajstić information content (AvgIpc) is 3.22. The molecule has 1 N–H and O–H groups in total. The van der Waals surface area contributed by atoms with E-state index in [4.69, 9.17) is 0 Å². The second-order valence-electron chi connectivity index (χ2n) is 6.45. The van der Waals surface area contributed by atoms with Gasteiger partial charge >= 0.3 is 0 Å². The predicted molar refractivity (Wildman–Crippen MR) is 83.8 cm³/mol. The Morgan fingerprint density at radius 2 is 1.95 bits per heavy atom. The first-order valence-corrected chi connectivity index (χ1v) is 7.68. The number of rotatable bonds is 6. The molecule has 1 aliphatic rings. The first kappa shape index (κ1) is 15.3. The molecule has 0 saturated heterocycles. The standard InChI is InChI=1S/C17H27FN2/c1-11(2)10-20(14-6-7-14)17-8-12(3)16(18)9-15(17)13(4)19-5/h8-9,11,13-14,19H,6-7,10H2,1-5H3. The first-order chi connectivity index (χ1) is 9.43. The number of nitrogens with one attached hydrogen (secondary N) is 1. The Balaban J connectivity index is 2.43. The summed E-state index contributed by atoms with van der Waals surface area (Å²) in [5.41, 5.74) is 3.02. The second-order valence-corrected chi connectivity index (χ2v) is 6.45.